The molecule has 0 aliphatic heterocycles. The fraction of sp³-hybridized carbons (Fsp3) is 0.333. The van der Waals surface area contributed by atoms with E-state index >= 15 is 0 Å². The molecule has 0 aliphatic rings. The van der Waals surface area contributed by atoms with E-state index in [0.717, 1.165) is 10.2 Å². The van der Waals surface area contributed by atoms with E-state index in [0.29, 0.717) is 12.2 Å². The Kier molecular flexibility index (Phi) is 3.78. The highest BCUT2D eigenvalue weighted by molar-refractivity contribution is 7.16. The molecule has 0 unspecified atom stereocenters. The van der Waals surface area contributed by atoms with Crippen molar-refractivity contribution in [1.82, 2.24) is 4.57 Å². The van der Waals surface area contributed by atoms with E-state index < -0.39 is 0 Å². The van der Waals surface area contributed by atoms with Crippen molar-refractivity contribution in [3.05, 3.63) is 27.9 Å². The second kappa shape index (κ2) is 5.32. The van der Waals surface area contributed by atoms with Gasteiger partial charge >= 0.3 is 4.87 Å². The lowest BCUT2D eigenvalue weighted by Gasteiger charge is -2.04. The van der Waals surface area contributed by atoms with Gasteiger partial charge in [-0.1, -0.05) is 11.3 Å². The van der Waals surface area contributed by atoms with Gasteiger partial charge in [-0.2, -0.15) is 0 Å². The van der Waals surface area contributed by atoms with Crippen molar-refractivity contribution in [3.63, 3.8) is 0 Å². The molecule has 1 N–H and O–H groups in total. The van der Waals surface area contributed by atoms with Gasteiger partial charge in [0.1, 0.15) is 6.61 Å². The van der Waals surface area contributed by atoms with Gasteiger partial charge in [-0.05, 0) is 25.1 Å². The fourth-order valence-corrected chi connectivity index (χ4v) is 2.77. The van der Waals surface area contributed by atoms with Gasteiger partial charge in [0, 0.05) is 19.3 Å². The molecular formula is C12H14N2O3S. The molecule has 0 saturated carbocycles. The maximum Gasteiger partial charge on any atom is 0.308 e. The second-order valence-electron chi connectivity index (χ2n) is 3.78. The summed E-state index contributed by atoms with van der Waals surface area (Å²) in [6.07, 6.45) is 0. The van der Waals surface area contributed by atoms with E-state index in [4.69, 9.17) is 4.74 Å². The number of hydrogen-bond donors (Lipinski definition) is 1. The molecule has 0 fully saturated rings. The maximum absolute atomic E-state index is 11.7. The van der Waals surface area contributed by atoms with Crippen LogP contribution in [0.25, 0.3) is 10.2 Å². The molecule has 0 saturated heterocycles. The SMILES string of the molecule is CCn1c(=O)sc2cc(NC(=O)COC)ccc21. The van der Waals surface area contributed by atoms with Gasteiger partial charge in [0.05, 0.1) is 10.2 Å². The first kappa shape index (κ1) is 12.8. The number of methoxy groups -OCH3 is 1. The number of fused-ring (bicyclic) bond motifs is 1. The summed E-state index contributed by atoms with van der Waals surface area (Å²) in [6, 6.07) is 5.44. The van der Waals surface area contributed by atoms with Crippen LogP contribution in [0.2, 0.25) is 0 Å². The van der Waals surface area contributed by atoms with Crippen LogP contribution in [-0.4, -0.2) is 24.2 Å². The van der Waals surface area contributed by atoms with E-state index in [1.165, 1.54) is 18.4 Å². The van der Waals surface area contributed by atoms with Gasteiger partial charge in [-0.15, -0.1) is 0 Å². The molecule has 0 bridgehead atoms. The third-order valence-electron chi connectivity index (χ3n) is 2.54. The van der Waals surface area contributed by atoms with Gasteiger partial charge in [0.15, 0.2) is 0 Å². The van der Waals surface area contributed by atoms with Gasteiger partial charge in [-0.25, -0.2) is 0 Å². The molecule has 6 heteroatoms. The van der Waals surface area contributed by atoms with Crippen molar-refractivity contribution in [2.45, 2.75) is 13.5 Å². The molecule has 0 atom stereocenters. The molecule has 0 spiro atoms. The highest BCUT2D eigenvalue weighted by Crippen LogP contribution is 2.21. The number of carbonyl (C=O) groups is 1. The van der Waals surface area contributed by atoms with Crippen LogP contribution in [0, 0.1) is 0 Å². The number of anilines is 1. The van der Waals surface area contributed by atoms with E-state index in [-0.39, 0.29) is 17.4 Å². The van der Waals surface area contributed by atoms with E-state index in [1.54, 1.807) is 16.7 Å². The Labute approximate surface area is 108 Å². The third-order valence-corrected chi connectivity index (χ3v) is 3.49. The predicted molar refractivity (Wildman–Crippen MR) is 72.3 cm³/mol. The standard InChI is InChI=1S/C12H14N2O3S/c1-3-14-9-5-4-8(13-11(15)7-17-2)6-10(9)18-12(14)16/h4-6H,3,7H2,1-2H3,(H,13,15). The monoisotopic (exact) mass is 266 g/mol. The molecule has 18 heavy (non-hydrogen) atoms. The number of aromatic nitrogens is 1. The van der Waals surface area contributed by atoms with Gasteiger partial charge in [-0.3, -0.25) is 14.2 Å². The number of ether oxygens (including phenoxy) is 1. The number of amides is 1. The summed E-state index contributed by atoms with van der Waals surface area (Å²) in [4.78, 5) is 23.1. The van der Waals surface area contributed by atoms with Crippen molar-refractivity contribution < 1.29 is 9.53 Å². The van der Waals surface area contributed by atoms with Crippen LogP contribution < -0.4 is 10.2 Å². The largest absolute Gasteiger partial charge is 0.375 e. The highest BCUT2D eigenvalue weighted by Gasteiger charge is 2.08. The number of rotatable bonds is 4. The number of carbonyl (C=O) groups excluding carboxylic acids is 1. The van der Waals surface area contributed by atoms with Crippen molar-refractivity contribution >= 4 is 33.1 Å². The summed E-state index contributed by atoms with van der Waals surface area (Å²) in [6.45, 7) is 2.60. The lowest BCUT2D eigenvalue weighted by molar-refractivity contribution is -0.119. The number of aryl methyl sites for hydroxylation is 1. The lowest BCUT2D eigenvalue weighted by atomic mass is 10.3. The number of hydrogen-bond acceptors (Lipinski definition) is 4. The van der Waals surface area contributed by atoms with Crippen molar-refractivity contribution in [3.8, 4) is 0 Å². The fourth-order valence-electron chi connectivity index (χ4n) is 1.77. The molecule has 2 aromatic rings. The van der Waals surface area contributed by atoms with E-state index in [2.05, 4.69) is 5.32 Å². The Bertz CT molecular complexity index is 630. The van der Waals surface area contributed by atoms with Crippen LogP contribution in [0.1, 0.15) is 6.92 Å². The first-order valence-electron chi connectivity index (χ1n) is 5.58. The number of thiazole rings is 1. The van der Waals surface area contributed by atoms with Crippen molar-refractivity contribution in [2.24, 2.45) is 0 Å². The number of benzene rings is 1. The average Bonchev–Trinajstić information content (AvgIpc) is 2.63. The van der Waals surface area contributed by atoms with Gasteiger partial charge < -0.3 is 10.1 Å². The summed E-state index contributed by atoms with van der Waals surface area (Å²) in [7, 11) is 1.47. The summed E-state index contributed by atoms with van der Waals surface area (Å²) < 4.78 is 7.32. The second-order valence-corrected chi connectivity index (χ2v) is 4.77. The summed E-state index contributed by atoms with van der Waals surface area (Å²) in [5.74, 6) is -0.209. The molecule has 0 radical (unpaired) electrons. The quantitative estimate of drug-likeness (QED) is 0.915. The molecular weight excluding hydrogens is 252 g/mol. The molecule has 5 nitrogen and oxygen atoms in total. The molecule has 1 amide bonds. The molecule has 0 aliphatic carbocycles. The van der Waals surface area contributed by atoms with Crippen molar-refractivity contribution in [2.75, 3.05) is 19.0 Å². The molecule has 96 valence electrons. The Morgan fingerprint density at radius 2 is 2.28 bits per heavy atom. The average molecular weight is 266 g/mol. The minimum atomic E-state index is -0.209. The summed E-state index contributed by atoms with van der Waals surface area (Å²) in [5, 5.41) is 2.71. The van der Waals surface area contributed by atoms with Crippen LogP contribution >= 0.6 is 11.3 Å². The Balaban J connectivity index is 2.34. The van der Waals surface area contributed by atoms with Gasteiger partial charge in [0.25, 0.3) is 0 Å². The maximum atomic E-state index is 11.7. The molecule has 1 aromatic heterocycles. The zero-order valence-electron chi connectivity index (χ0n) is 10.2. The van der Waals surface area contributed by atoms with E-state index in [1.807, 2.05) is 13.0 Å². The molecule has 1 aromatic carbocycles. The minimum Gasteiger partial charge on any atom is -0.375 e. The van der Waals surface area contributed by atoms with Crippen LogP contribution in [-0.2, 0) is 16.1 Å². The molecule has 2 rings (SSSR count). The number of nitrogens with one attached hydrogen (secondary N) is 1. The third kappa shape index (κ3) is 2.44. The van der Waals surface area contributed by atoms with Crippen molar-refractivity contribution in [1.29, 1.82) is 0 Å². The predicted octanol–water partition coefficient (Wildman–Crippen LogP) is 1.67. The zero-order chi connectivity index (χ0) is 13.1. The minimum absolute atomic E-state index is 0.0181. The smallest absolute Gasteiger partial charge is 0.308 e. The number of nitrogens with zero attached hydrogens (tertiary/aromatic N) is 1. The topological polar surface area (TPSA) is 60.3 Å². The Hall–Kier alpha value is -1.66. The van der Waals surface area contributed by atoms with Gasteiger partial charge in [0.2, 0.25) is 5.91 Å². The van der Waals surface area contributed by atoms with Crippen LogP contribution in [0.3, 0.4) is 0 Å². The van der Waals surface area contributed by atoms with E-state index in [9.17, 15) is 9.59 Å². The normalized spacial score (nSPS) is 10.8. The highest BCUT2D eigenvalue weighted by atomic mass is 32.1. The van der Waals surface area contributed by atoms with Crippen LogP contribution in [0.15, 0.2) is 23.0 Å². The zero-order valence-corrected chi connectivity index (χ0v) is 11.0. The lowest BCUT2D eigenvalue weighted by Crippen LogP contribution is -2.16. The van der Waals surface area contributed by atoms with Crippen LogP contribution in [0.5, 0.6) is 0 Å². The molecule has 1 heterocycles. The Morgan fingerprint density at radius 1 is 1.50 bits per heavy atom. The summed E-state index contributed by atoms with van der Waals surface area (Å²) in [5.41, 5.74) is 1.58. The first-order chi connectivity index (χ1) is 8.65. The first-order valence-corrected chi connectivity index (χ1v) is 6.39. The summed E-state index contributed by atoms with van der Waals surface area (Å²) >= 11 is 1.18. The van der Waals surface area contributed by atoms with Crippen LogP contribution in [0.4, 0.5) is 5.69 Å². The Morgan fingerprint density at radius 3 is 2.94 bits per heavy atom.